The lowest BCUT2D eigenvalue weighted by Crippen LogP contribution is -2.31. The average Bonchev–Trinajstić information content (AvgIpc) is 3.38. The van der Waals surface area contributed by atoms with E-state index >= 15 is 0 Å². The molecular formula is C23H27ClN6O3. The van der Waals surface area contributed by atoms with Crippen LogP contribution in [0.3, 0.4) is 0 Å². The highest BCUT2D eigenvalue weighted by Gasteiger charge is 2.17. The molecule has 0 saturated heterocycles. The first-order valence-electron chi connectivity index (χ1n) is 11.3. The second-order valence-electron chi connectivity index (χ2n) is 8.17. The molecule has 33 heavy (non-hydrogen) atoms. The molecule has 0 aliphatic heterocycles. The Morgan fingerprint density at radius 2 is 1.85 bits per heavy atom. The normalized spacial score (nSPS) is 11.5. The number of aromatic amines is 1. The lowest BCUT2D eigenvalue weighted by Gasteiger charge is -2.07. The Morgan fingerprint density at radius 3 is 2.64 bits per heavy atom. The molecule has 0 atom stereocenters. The van der Waals surface area contributed by atoms with Crippen molar-refractivity contribution in [2.45, 2.75) is 65.5 Å². The lowest BCUT2D eigenvalue weighted by molar-refractivity contribution is 0.420. The van der Waals surface area contributed by atoms with Crippen LogP contribution in [0, 0.1) is 6.92 Å². The molecule has 0 aliphatic rings. The van der Waals surface area contributed by atoms with Crippen molar-refractivity contribution in [3.63, 3.8) is 0 Å². The van der Waals surface area contributed by atoms with Crippen molar-refractivity contribution >= 4 is 22.8 Å². The molecule has 0 bridgehead atoms. The molecule has 10 heteroatoms. The highest BCUT2D eigenvalue weighted by molar-refractivity contribution is 6.29. The second kappa shape index (κ2) is 10.2. The molecule has 3 heterocycles. The van der Waals surface area contributed by atoms with E-state index in [1.165, 1.54) is 4.57 Å². The predicted molar refractivity (Wildman–Crippen MR) is 127 cm³/mol. The van der Waals surface area contributed by atoms with Gasteiger partial charge in [-0.15, -0.1) is 0 Å². The SMILES string of the molecule is CCCCCn1c(=O)[nH]c(=O)c2c1nc(Cl)n2CCCCc1noc(-c2cccc(C)c2)n1. The van der Waals surface area contributed by atoms with Gasteiger partial charge in [0, 0.05) is 25.1 Å². The van der Waals surface area contributed by atoms with Gasteiger partial charge in [-0.3, -0.25) is 14.3 Å². The third-order valence-electron chi connectivity index (χ3n) is 5.59. The molecule has 174 valence electrons. The molecule has 1 N–H and O–H groups in total. The molecule has 4 rings (SSSR count). The highest BCUT2D eigenvalue weighted by atomic mass is 35.5. The smallest absolute Gasteiger partial charge is 0.330 e. The summed E-state index contributed by atoms with van der Waals surface area (Å²) in [6, 6.07) is 7.92. The zero-order valence-electron chi connectivity index (χ0n) is 18.8. The number of H-pyrrole nitrogens is 1. The first kappa shape index (κ1) is 23.0. The van der Waals surface area contributed by atoms with Crippen molar-refractivity contribution in [1.82, 2.24) is 29.2 Å². The molecule has 1 aromatic carbocycles. The summed E-state index contributed by atoms with van der Waals surface area (Å²) in [5, 5.41) is 4.27. The van der Waals surface area contributed by atoms with E-state index in [-0.39, 0.29) is 5.28 Å². The number of rotatable bonds is 10. The maximum Gasteiger partial charge on any atom is 0.330 e. The fourth-order valence-corrected chi connectivity index (χ4v) is 4.13. The number of hydrogen-bond donors (Lipinski definition) is 1. The Hall–Kier alpha value is -3.20. The predicted octanol–water partition coefficient (Wildman–Crippen LogP) is 4.11. The van der Waals surface area contributed by atoms with Gasteiger partial charge in [0.25, 0.3) is 11.4 Å². The molecule has 0 unspecified atom stereocenters. The van der Waals surface area contributed by atoms with Crippen molar-refractivity contribution < 1.29 is 4.52 Å². The van der Waals surface area contributed by atoms with Gasteiger partial charge in [-0.1, -0.05) is 42.6 Å². The summed E-state index contributed by atoms with van der Waals surface area (Å²) in [5.74, 6) is 1.14. The van der Waals surface area contributed by atoms with E-state index in [1.54, 1.807) is 4.57 Å². The summed E-state index contributed by atoms with van der Waals surface area (Å²) in [6.07, 6.45) is 4.99. The van der Waals surface area contributed by atoms with Crippen LogP contribution in [0.15, 0.2) is 38.4 Å². The number of fused-ring (bicyclic) bond motifs is 1. The van der Waals surface area contributed by atoms with E-state index in [0.717, 1.165) is 43.2 Å². The molecule has 4 aromatic rings. The van der Waals surface area contributed by atoms with E-state index in [4.69, 9.17) is 16.1 Å². The van der Waals surface area contributed by atoms with E-state index in [9.17, 15) is 9.59 Å². The monoisotopic (exact) mass is 470 g/mol. The molecule has 0 aliphatic carbocycles. The van der Waals surface area contributed by atoms with Crippen molar-refractivity contribution in [3.8, 4) is 11.5 Å². The van der Waals surface area contributed by atoms with Crippen molar-refractivity contribution in [2.24, 2.45) is 0 Å². The van der Waals surface area contributed by atoms with Crippen molar-refractivity contribution in [2.75, 3.05) is 0 Å². The lowest BCUT2D eigenvalue weighted by atomic mass is 10.1. The zero-order chi connectivity index (χ0) is 23.4. The standard InChI is InChI=1S/C23H27ClN6O3/c1-3-4-6-13-30-19-18(20(31)27-23(30)32)29(22(24)26-19)12-7-5-11-17-25-21(33-28-17)16-10-8-9-15(2)14-16/h8-10,14H,3-7,11-13H2,1-2H3,(H,27,31,32). The Bertz CT molecular complexity index is 1370. The van der Waals surface area contributed by atoms with Gasteiger partial charge < -0.3 is 9.09 Å². The number of imidazole rings is 1. The Morgan fingerprint density at radius 1 is 1.06 bits per heavy atom. The molecule has 0 amide bonds. The molecule has 3 aromatic heterocycles. The minimum absolute atomic E-state index is 0.201. The first-order chi connectivity index (χ1) is 16.0. The molecule has 0 radical (unpaired) electrons. The summed E-state index contributed by atoms with van der Waals surface area (Å²) in [4.78, 5) is 36.0. The van der Waals surface area contributed by atoms with Gasteiger partial charge in [0.15, 0.2) is 17.0 Å². The number of unbranched alkanes of at least 4 members (excludes halogenated alkanes) is 3. The Balaban J connectivity index is 1.44. The van der Waals surface area contributed by atoms with Gasteiger partial charge in [-0.25, -0.2) is 4.79 Å². The molecular weight excluding hydrogens is 444 g/mol. The van der Waals surface area contributed by atoms with Crippen LogP contribution >= 0.6 is 11.6 Å². The second-order valence-corrected chi connectivity index (χ2v) is 8.50. The minimum atomic E-state index is -0.470. The van der Waals surface area contributed by atoms with Crippen LogP contribution < -0.4 is 11.2 Å². The van der Waals surface area contributed by atoms with Crippen LogP contribution in [-0.4, -0.2) is 29.2 Å². The quantitative estimate of drug-likeness (QED) is 0.276. The average molecular weight is 471 g/mol. The van der Waals surface area contributed by atoms with Crippen molar-refractivity contribution in [3.05, 3.63) is 61.8 Å². The summed E-state index contributed by atoms with van der Waals surface area (Å²) in [7, 11) is 0. The number of nitrogens with one attached hydrogen (secondary N) is 1. The third kappa shape index (κ3) is 5.08. The Labute approximate surface area is 195 Å². The minimum Gasteiger partial charge on any atom is -0.334 e. The maximum absolute atomic E-state index is 12.5. The van der Waals surface area contributed by atoms with Gasteiger partial charge in [0.2, 0.25) is 5.28 Å². The molecule has 9 nitrogen and oxygen atoms in total. The summed E-state index contributed by atoms with van der Waals surface area (Å²) < 4.78 is 8.56. The summed E-state index contributed by atoms with van der Waals surface area (Å²) in [6.45, 7) is 5.10. The van der Waals surface area contributed by atoms with Crippen LogP contribution in [0.4, 0.5) is 0 Å². The molecule has 0 spiro atoms. The van der Waals surface area contributed by atoms with Crippen LogP contribution in [0.2, 0.25) is 5.28 Å². The first-order valence-corrected chi connectivity index (χ1v) is 11.6. The Kier molecular flexibility index (Phi) is 7.08. The van der Waals surface area contributed by atoms with E-state index in [0.29, 0.717) is 42.4 Å². The fourth-order valence-electron chi connectivity index (χ4n) is 3.88. The third-order valence-corrected chi connectivity index (χ3v) is 5.88. The number of aryl methyl sites for hydroxylation is 4. The van der Waals surface area contributed by atoms with Gasteiger partial charge in [-0.05, 0) is 49.9 Å². The van der Waals surface area contributed by atoms with Gasteiger partial charge in [0.05, 0.1) is 0 Å². The van der Waals surface area contributed by atoms with Crippen LogP contribution in [-0.2, 0) is 19.5 Å². The van der Waals surface area contributed by atoms with Gasteiger partial charge >= 0.3 is 5.69 Å². The number of aromatic nitrogens is 6. The summed E-state index contributed by atoms with van der Waals surface area (Å²) in [5.41, 5.74) is 1.77. The van der Waals surface area contributed by atoms with Crippen LogP contribution in [0.25, 0.3) is 22.6 Å². The van der Waals surface area contributed by atoms with Crippen molar-refractivity contribution in [1.29, 1.82) is 0 Å². The molecule has 0 fully saturated rings. The van der Waals surface area contributed by atoms with E-state index in [1.807, 2.05) is 31.2 Å². The zero-order valence-corrected chi connectivity index (χ0v) is 19.6. The number of nitrogens with zero attached hydrogens (tertiary/aromatic N) is 5. The topological polar surface area (TPSA) is 112 Å². The maximum atomic E-state index is 12.5. The summed E-state index contributed by atoms with van der Waals surface area (Å²) >= 11 is 6.35. The van der Waals surface area contributed by atoms with Crippen LogP contribution in [0.1, 0.15) is 50.4 Å². The number of benzene rings is 1. The van der Waals surface area contributed by atoms with Gasteiger partial charge in [-0.2, -0.15) is 9.97 Å². The largest absolute Gasteiger partial charge is 0.334 e. The fraction of sp³-hybridized carbons (Fsp3) is 0.435. The highest BCUT2D eigenvalue weighted by Crippen LogP contribution is 2.20. The van der Waals surface area contributed by atoms with E-state index in [2.05, 4.69) is 27.0 Å². The number of halogens is 1. The van der Waals surface area contributed by atoms with E-state index < -0.39 is 11.2 Å². The van der Waals surface area contributed by atoms with Crippen LogP contribution in [0.5, 0.6) is 0 Å². The van der Waals surface area contributed by atoms with Gasteiger partial charge in [0.1, 0.15) is 0 Å². The molecule has 0 saturated carbocycles. The number of hydrogen-bond acceptors (Lipinski definition) is 6.